The molecule has 0 aromatic heterocycles. The van der Waals surface area contributed by atoms with Crippen LogP contribution in [-0.4, -0.2) is 12.8 Å². The Morgan fingerprint density at radius 2 is 1.87 bits per heavy atom. The highest BCUT2D eigenvalue weighted by molar-refractivity contribution is 5.54. The van der Waals surface area contributed by atoms with Gasteiger partial charge in [-0.05, 0) is 60.7 Å². The normalized spacial score (nSPS) is 21.8. The molecular formula is C18H19N3O2. The Kier molecular flexibility index (Phi) is 3.22. The molecule has 1 unspecified atom stereocenters. The highest BCUT2D eigenvalue weighted by atomic mass is 16.7. The maximum atomic E-state index is 5.95. The van der Waals surface area contributed by atoms with Crippen LogP contribution in [0.3, 0.4) is 0 Å². The number of nitrogens with zero attached hydrogens (tertiary/aromatic N) is 2. The zero-order valence-electron chi connectivity index (χ0n) is 13.2. The van der Waals surface area contributed by atoms with Crippen molar-refractivity contribution in [1.82, 2.24) is 0 Å². The van der Waals surface area contributed by atoms with Gasteiger partial charge in [0.05, 0.1) is 6.04 Å². The summed E-state index contributed by atoms with van der Waals surface area (Å²) in [4.78, 5) is 0. The van der Waals surface area contributed by atoms with E-state index in [-0.39, 0.29) is 18.9 Å². The van der Waals surface area contributed by atoms with Crippen LogP contribution in [-0.2, 0) is 6.42 Å². The number of anilines is 1. The number of hydrogen-bond donors (Lipinski definition) is 1. The fraction of sp³-hybridized carbons (Fsp3) is 0.333. The van der Waals surface area contributed by atoms with Crippen molar-refractivity contribution in [3.05, 3.63) is 52.6 Å². The first-order valence-corrected chi connectivity index (χ1v) is 7.80. The maximum absolute atomic E-state index is 5.95. The van der Waals surface area contributed by atoms with Crippen LogP contribution in [0.5, 0.6) is 11.5 Å². The van der Waals surface area contributed by atoms with Crippen LogP contribution in [0.25, 0.3) is 0 Å². The minimum Gasteiger partial charge on any atom is -0.454 e. The molecule has 0 radical (unpaired) electrons. The molecule has 2 aromatic carbocycles. The molecule has 0 bridgehead atoms. The summed E-state index contributed by atoms with van der Waals surface area (Å²) in [6.45, 7) is 4.37. The van der Waals surface area contributed by atoms with Crippen molar-refractivity contribution in [2.45, 2.75) is 32.4 Å². The number of benzene rings is 2. The average molecular weight is 309 g/mol. The van der Waals surface area contributed by atoms with E-state index in [2.05, 4.69) is 29.3 Å². The standard InChI is InChI=1S/C18H19N3O2/c1-10-5-12(3-4-15(10)19)18-14-8-17-16(22-9-23-17)7-13(14)6-11(2)20-21-18/h3-5,7-8,11,18H,6,9,19H2,1-2H3/t11-,18?/m0/s1. The van der Waals surface area contributed by atoms with Crippen LogP contribution in [0.4, 0.5) is 5.69 Å². The molecule has 5 heteroatoms. The third-order valence-electron chi connectivity index (χ3n) is 4.43. The lowest BCUT2D eigenvalue weighted by Gasteiger charge is -2.16. The number of aryl methyl sites for hydroxylation is 1. The molecule has 2 aliphatic rings. The Morgan fingerprint density at radius 3 is 2.65 bits per heavy atom. The molecule has 0 fully saturated rings. The van der Waals surface area contributed by atoms with E-state index < -0.39 is 0 Å². The molecular weight excluding hydrogens is 290 g/mol. The number of nitrogen functional groups attached to an aromatic ring is 1. The molecule has 118 valence electrons. The first-order valence-electron chi connectivity index (χ1n) is 7.80. The molecule has 4 rings (SSSR count). The van der Waals surface area contributed by atoms with Gasteiger partial charge in [-0.2, -0.15) is 10.2 Å². The largest absolute Gasteiger partial charge is 0.454 e. The molecule has 0 spiro atoms. The van der Waals surface area contributed by atoms with Crippen molar-refractivity contribution in [3.8, 4) is 11.5 Å². The van der Waals surface area contributed by atoms with E-state index in [1.165, 1.54) is 5.56 Å². The van der Waals surface area contributed by atoms with Gasteiger partial charge < -0.3 is 15.2 Å². The van der Waals surface area contributed by atoms with Crippen LogP contribution in [0.1, 0.15) is 35.2 Å². The monoisotopic (exact) mass is 309 g/mol. The molecule has 0 amide bonds. The van der Waals surface area contributed by atoms with Gasteiger partial charge in [-0.1, -0.05) is 12.1 Å². The second kappa shape index (κ2) is 5.26. The van der Waals surface area contributed by atoms with Crippen molar-refractivity contribution in [1.29, 1.82) is 0 Å². The predicted molar refractivity (Wildman–Crippen MR) is 88.0 cm³/mol. The van der Waals surface area contributed by atoms with Crippen molar-refractivity contribution in [2.75, 3.05) is 12.5 Å². The summed E-state index contributed by atoms with van der Waals surface area (Å²) in [6, 6.07) is 10.2. The Hall–Kier alpha value is -2.56. The first kappa shape index (κ1) is 14.1. The van der Waals surface area contributed by atoms with Gasteiger partial charge in [0.1, 0.15) is 6.04 Å². The van der Waals surface area contributed by atoms with Crippen molar-refractivity contribution < 1.29 is 9.47 Å². The number of hydrogen-bond acceptors (Lipinski definition) is 5. The number of ether oxygens (including phenoxy) is 2. The minimum atomic E-state index is -0.135. The zero-order chi connectivity index (χ0) is 16.0. The molecule has 0 aliphatic carbocycles. The summed E-state index contributed by atoms with van der Waals surface area (Å²) >= 11 is 0. The summed E-state index contributed by atoms with van der Waals surface area (Å²) in [5.74, 6) is 1.59. The molecule has 2 heterocycles. The van der Waals surface area contributed by atoms with E-state index in [0.29, 0.717) is 0 Å². The third-order valence-corrected chi connectivity index (χ3v) is 4.43. The second-order valence-corrected chi connectivity index (χ2v) is 6.21. The fourth-order valence-corrected chi connectivity index (χ4v) is 3.15. The van der Waals surface area contributed by atoms with E-state index in [1.807, 2.05) is 25.1 Å². The number of fused-ring (bicyclic) bond motifs is 2. The molecule has 2 atom stereocenters. The summed E-state index contributed by atoms with van der Waals surface area (Å²) in [7, 11) is 0. The van der Waals surface area contributed by atoms with Crippen LogP contribution in [0.15, 0.2) is 40.6 Å². The minimum absolute atomic E-state index is 0.135. The van der Waals surface area contributed by atoms with Crippen molar-refractivity contribution in [2.24, 2.45) is 10.2 Å². The van der Waals surface area contributed by atoms with Gasteiger partial charge in [0.2, 0.25) is 6.79 Å². The van der Waals surface area contributed by atoms with E-state index in [0.717, 1.165) is 40.3 Å². The van der Waals surface area contributed by atoms with E-state index >= 15 is 0 Å². The van der Waals surface area contributed by atoms with Crippen molar-refractivity contribution >= 4 is 5.69 Å². The summed E-state index contributed by atoms with van der Waals surface area (Å²) in [6.07, 6.45) is 0.847. The van der Waals surface area contributed by atoms with Crippen LogP contribution >= 0.6 is 0 Å². The van der Waals surface area contributed by atoms with Crippen LogP contribution < -0.4 is 15.2 Å². The average Bonchev–Trinajstić information content (AvgIpc) is 2.91. The maximum Gasteiger partial charge on any atom is 0.231 e. The van der Waals surface area contributed by atoms with E-state index in [9.17, 15) is 0 Å². The Morgan fingerprint density at radius 1 is 1.09 bits per heavy atom. The summed E-state index contributed by atoms with van der Waals surface area (Å²) in [5.41, 5.74) is 11.2. The van der Waals surface area contributed by atoms with Crippen LogP contribution in [0.2, 0.25) is 0 Å². The molecule has 23 heavy (non-hydrogen) atoms. The molecule has 2 aromatic rings. The molecule has 2 aliphatic heterocycles. The SMILES string of the molecule is Cc1cc(C2N=N[C@@H](C)Cc3cc4c(cc32)OCO4)ccc1N. The van der Waals surface area contributed by atoms with E-state index in [1.54, 1.807) is 0 Å². The zero-order valence-corrected chi connectivity index (χ0v) is 13.2. The summed E-state index contributed by atoms with van der Waals surface area (Å²) < 4.78 is 11.1. The lowest BCUT2D eigenvalue weighted by molar-refractivity contribution is 0.174. The van der Waals surface area contributed by atoms with Gasteiger partial charge in [-0.15, -0.1) is 0 Å². The molecule has 2 N–H and O–H groups in total. The highest BCUT2D eigenvalue weighted by Gasteiger charge is 2.26. The van der Waals surface area contributed by atoms with Gasteiger partial charge in [-0.3, -0.25) is 0 Å². The summed E-state index contributed by atoms with van der Waals surface area (Å²) in [5, 5.41) is 9.06. The van der Waals surface area contributed by atoms with Gasteiger partial charge in [0, 0.05) is 5.69 Å². The quantitative estimate of drug-likeness (QED) is 0.815. The van der Waals surface area contributed by atoms with Crippen molar-refractivity contribution in [3.63, 3.8) is 0 Å². The second-order valence-electron chi connectivity index (χ2n) is 6.21. The van der Waals surface area contributed by atoms with Gasteiger partial charge in [0.15, 0.2) is 11.5 Å². The van der Waals surface area contributed by atoms with Gasteiger partial charge in [0.25, 0.3) is 0 Å². The molecule has 0 saturated heterocycles. The van der Waals surface area contributed by atoms with E-state index in [4.69, 9.17) is 15.2 Å². The fourth-order valence-electron chi connectivity index (χ4n) is 3.15. The topological polar surface area (TPSA) is 69.2 Å². The number of azo groups is 1. The van der Waals surface area contributed by atoms with Crippen LogP contribution in [0, 0.1) is 6.92 Å². The number of nitrogens with two attached hydrogens (primary N) is 1. The Bertz CT molecular complexity index is 801. The smallest absolute Gasteiger partial charge is 0.231 e. The Balaban J connectivity index is 1.86. The lowest BCUT2D eigenvalue weighted by Crippen LogP contribution is -2.04. The Labute approximate surface area is 135 Å². The molecule has 5 nitrogen and oxygen atoms in total. The number of rotatable bonds is 1. The van der Waals surface area contributed by atoms with Gasteiger partial charge in [-0.25, -0.2) is 0 Å². The molecule has 0 saturated carbocycles. The van der Waals surface area contributed by atoms with Gasteiger partial charge >= 0.3 is 0 Å². The first-order chi connectivity index (χ1) is 11.1. The lowest BCUT2D eigenvalue weighted by atomic mass is 9.91. The predicted octanol–water partition coefficient (Wildman–Crippen LogP) is 3.79. The highest BCUT2D eigenvalue weighted by Crippen LogP contribution is 2.41. The third kappa shape index (κ3) is 2.42.